The van der Waals surface area contributed by atoms with Crippen LogP contribution in [0.3, 0.4) is 0 Å². The maximum Gasteiger partial charge on any atom is 0.261 e. The summed E-state index contributed by atoms with van der Waals surface area (Å²) in [5, 5.41) is 3.53. The van der Waals surface area contributed by atoms with Crippen LogP contribution in [-0.4, -0.2) is 71.9 Å². The first-order valence-corrected chi connectivity index (χ1v) is 16.2. The minimum Gasteiger partial charge on any atom is -0.493 e. The number of carbonyl (C=O) groups excluding carboxylic acids is 1. The van der Waals surface area contributed by atoms with E-state index in [-0.39, 0.29) is 22.4 Å². The molecule has 0 atom stereocenters. The van der Waals surface area contributed by atoms with E-state index in [2.05, 4.69) is 20.2 Å². The van der Waals surface area contributed by atoms with Crippen molar-refractivity contribution in [1.29, 1.82) is 0 Å². The number of pyridine rings is 3. The summed E-state index contributed by atoms with van der Waals surface area (Å²) < 4.78 is 40.2. The van der Waals surface area contributed by atoms with Gasteiger partial charge in [0.15, 0.2) is 23.1 Å². The second kappa shape index (κ2) is 14.7. The molecule has 0 radical (unpaired) electrons. The van der Waals surface area contributed by atoms with Crippen molar-refractivity contribution >= 4 is 33.5 Å². The molecule has 4 heterocycles. The summed E-state index contributed by atoms with van der Waals surface area (Å²) in [6.45, 7) is 4.77. The Bertz CT molecular complexity index is 2220. The molecule has 1 aliphatic rings. The number of nitrogens with one attached hydrogen (secondary N) is 1. The average Bonchev–Trinajstić information content (AvgIpc) is 3.15. The predicted molar refractivity (Wildman–Crippen MR) is 187 cm³/mol. The Hall–Kier alpha value is -5.85. The number of para-hydroxylation sites is 1. The number of aromatic nitrogens is 3. The summed E-state index contributed by atoms with van der Waals surface area (Å²) in [7, 11) is 1.55. The Morgan fingerprint density at radius 2 is 1.74 bits per heavy atom. The van der Waals surface area contributed by atoms with Crippen molar-refractivity contribution in [2.24, 2.45) is 0 Å². The van der Waals surface area contributed by atoms with Crippen molar-refractivity contribution in [2.75, 3.05) is 51.9 Å². The van der Waals surface area contributed by atoms with E-state index in [1.165, 1.54) is 18.3 Å². The predicted octanol–water partition coefficient (Wildman–Crippen LogP) is 6.23. The Morgan fingerprint density at radius 1 is 0.900 bits per heavy atom. The monoisotopic (exact) mass is 675 g/mol. The second-order valence-electron chi connectivity index (χ2n) is 11.6. The highest BCUT2D eigenvalue weighted by Crippen LogP contribution is 2.38. The van der Waals surface area contributed by atoms with Crippen molar-refractivity contribution in [1.82, 2.24) is 19.4 Å². The summed E-state index contributed by atoms with van der Waals surface area (Å²) in [4.78, 5) is 37.9. The number of methoxy groups -OCH3 is 1. The van der Waals surface area contributed by atoms with E-state index in [1.807, 2.05) is 30.3 Å². The number of benzene rings is 3. The zero-order valence-electron chi connectivity index (χ0n) is 27.3. The number of rotatable bonds is 11. The summed E-state index contributed by atoms with van der Waals surface area (Å²) in [6.07, 6.45) is 5.44. The molecule has 12 heteroatoms. The minimum absolute atomic E-state index is 0.0684. The zero-order valence-corrected chi connectivity index (χ0v) is 27.3. The van der Waals surface area contributed by atoms with Crippen LogP contribution in [0.5, 0.6) is 23.0 Å². The number of fused-ring (bicyclic) bond motifs is 2. The van der Waals surface area contributed by atoms with Gasteiger partial charge in [-0.1, -0.05) is 18.2 Å². The van der Waals surface area contributed by atoms with E-state index >= 15 is 4.39 Å². The van der Waals surface area contributed by atoms with Crippen LogP contribution in [0, 0.1) is 5.82 Å². The van der Waals surface area contributed by atoms with Gasteiger partial charge in [0.25, 0.3) is 5.91 Å². The van der Waals surface area contributed by atoms with Gasteiger partial charge in [0.2, 0.25) is 5.43 Å². The molecule has 254 valence electrons. The number of ether oxygens (including phenoxy) is 4. The number of carbonyl (C=O) groups is 1. The number of hydrogen-bond acceptors (Lipinski definition) is 9. The van der Waals surface area contributed by atoms with Crippen LogP contribution < -0.4 is 25.0 Å². The Morgan fingerprint density at radius 3 is 2.54 bits per heavy atom. The molecule has 50 heavy (non-hydrogen) atoms. The summed E-state index contributed by atoms with van der Waals surface area (Å²) in [5.41, 5.74) is 1.27. The van der Waals surface area contributed by atoms with Crippen LogP contribution in [0.25, 0.3) is 27.6 Å². The third kappa shape index (κ3) is 6.98. The average molecular weight is 676 g/mol. The van der Waals surface area contributed by atoms with Crippen molar-refractivity contribution in [3.05, 3.63) is 119 Å². The zero-order chi connectivity index (χ0) is 34.5. The lowest BCUT2D eigenvalue weighted by molar-refractivity contribution is 0.0357. The first-order chi connectivity index (χ1) is 24.5. The van der Waals surface area contributed by atoms with E-state index in [0.717, 1.165) is 51.0 Å². The number of amides is 1. The first-order valence-electron chi connectivity index (χ1n) is 16.2. The van der Waals surface area contributed by atoms with Crippen molar-refractivity contribution in [3.63, 3.8) is 0 Å². The van der Waals surface area contributed by atoms with E-state index in [1.54, 1.807) is 54.4 Å². The largest absolute Gasteiger partial charge is 0.493 e. The molecule has 1 amide bonds. The Labute approximate surface area is 286 Å². The molecular weight excluding hydrogens is 641 g/mol. The third-order valence-electron chi connectivity index (χ3n) is 8.42. The molecule has 0 aliphatic carbocycles. The van der Waals surface area contributed by atoms with E-state index in [9.17, 15) is 9.59 Å². The smallest absolute Gasteiger partial charge is 0.261 e. The number of morpholine rings is 1. The highest BCUT2D eigenvalue weighted by molar-refractivity contribution is 6.05. The molecular formula is C38H34FN5O6. The van der Waals surface area contributed by atoms with Crippen LogP contribution in [0.2, 0.25) is 0 Å². The maximum absolute atomic E-state index is 15.5. The fourth-order valence-electron chi connectivity index (χ4n) is 5.87. The van der Waals surface area contributed by atoms with Crippen LogP contribution in [0.15, 0.2) is 102 Å². The van der Waals surface area contributed by atoms with Crippen molar-refractivity contribution in [2.45, 2.75) is 6.42 Å². The molecule has 1 aliphatic heterocycles. The lowest BCUT2D eigenvalue weighted by atomic mass is 10.1. The normalized spacial score (nSPS) is 13.3. The summed E-state index contributed by atoms with van der Waals surface area (Å²) in [5.74, 6) is -0.0726. The standard InChI is InChI=1S/C38H34FN5O6/c1-47-34-22-28-31(23-35(34)49-18-6-15-43-16-19-48-20-17-43)40-14-12-32(28)50-33-11-10-25(21-30(33)39)42-38(46)29-24-44(26-7-3-2-4-8-26)37-27(36(29)45)9-5-13-41-37/h2-5,7-14,21-24H,6,15-20H2,1H3,(H,42,46). The molecule has 3 aromatic carbocycles. The van der Waals surface area contributed by atoms with Gasteiger partial charge in [-0.05, 0) is 55.0 Å². The lowest BCUT2D eigenvalue weighted by Gasteiger charge is -2.26. The topological polar surface area (TPSA) is 117 Å². The third-order valence-corrected chi connectivity index (χ3v) is 8.42. The van der Waals surface area contributed by atoms with Gasteiger partial charge in [-0.3, -0.25) is 19.5 Å². The quantitative estimate of drug-likeness (QED) is 0.160. The molecule has 6 aromatic rings. The van der Waals surface area contributed by atoms with Crippen molar-refractivity contribution < 1.29 is 28.1 Å². The van der Waals surface area contributed by atoms with Crippen LogP contribution in [0.4, 0.5) is 10.1 Å². The number of nitrogens with zero attached hydrogens (tertiary/aromatic N) is 4. The SMILES string of the molecule is COc1cc2c(Oc3ccc(NC(=O)c4cn(-c5ccccc5)c5ncccc5c4=O)cc3F)ccnc2cc1OCCCN1CCOCC1. The molecule has 1 N–H and O–H groups in total. The maximum atomic E-state index is 15.5. The van der Waals surface area contributed by atoms with E-state index in [4.69, 9.17) is 18.9 Å². The molecule has 0 unspecified atom stereocenters. The lowest BCUT2D eigenvalue weighted by Crippen LogP contribution is -2.37. The van der Waals surface area contributed by atoms with Gasteiger partial charge < -0.3 is 28.8 Å². The van der Waals surface area contributed by atoms with Gasteiger partial charge >= 0.3 is 0 Å². The van der Waals surface area contributed by atoms with Crippen LogP contribution >= 0.6 is 0 Å². The molecule has 1 saturated heterocycles. The highest BCUT2D eigenvalue weighted by atomic mass is 19.1. The summed E-state index contributed by atoms with van der Waals surface area (Å²) in [6, 6.07) is 21.7. The van der Waals surface area contributed by atoms with Gasteiger partial charge in [0, 0.05) is 67.1 Å². The van der Waals surface area contributed by atoms with Gasteiger partial charge in [-0.15, -0.1) is 0 Å². The molecule has 0 spiro atoms. The molecule has 0 bridgehead atoms. The second-order valence-corrected chi connectivity index (χ2v) is 11.6. The Kier molecular flexibility index (Phi) is 9.63. The van der Waals surface area contributed by atoms with Gasteiger partial charge in [-0.25, -0.2) is 9.37 Å². The molecule has 0 saturated carbocycles. The molecule has 11 nitrogen and oxygen atoms in total. The molecule has 1 fully saturated rings. The summed E-state index contributed by atoms with van der Waals surface area (Å²) >= 11 is 0. The number of hydrogen-bond donors (Lipinski definition) is 1. The van der Waals surface area contributed by atoms with Crippen LogP contribution in [0.1, 0.15) is 16.8 Å². The first kappa shape index (κ1) is 32.7. The van der Waals surface area contributed by atoms with Crippen molar-refractivity contribution in [3.8, 4) is 28.7 Å². The fourth-order valence-corrected chi connectivity index (χ4v) is 5.87. The number of halogens is 1. The van der Waals surface area contributed by atoms with Crippen LogP contribution in [-0.2, 0) is 4.74 Å². The van der Waals surface area contributed by atoms with E-state index < -0.39 is 17.2 Å². The molecule has 3 aromatic heterocycles. The van der Waals surface area contributed by atoms with Gasteiger partial charge in [0.05, 0.1) is 37.8 Å². The molecule has 7 rings (SSSR count). The van der Waals surface area contributed by atoms with Gasteiger partial charge in [-0.2, -0.15) is 0 Å². The van der Waals surface area contributed by atoms with Gasteiger partial charge in [0.1, 0.15) is 17.0 Å². The number of anilines is 1. The van der Waals surface area contributed by atoms with E-state index in [0.29, 0.717) is 40.4 Å². The highest BCUT2D eigenvalue weighted by Gasteiger charge is 2.19. The minimum atomic E-state index is -0.718. The fraction of sp³-hybridized carbons (Fsp3) is 0.211. The Balaban J connectivity index is 1.08.